The number of hydrogen-bond acceptors (Lipinski definition) is 6. The van der Waals surface area contributed by atoms with Gasteiger partial charge in [0.2, 0.25) is 5.91 Å². The number of hydrogen-bond donors (Lipinski definition) is 3. The number of carbonyl (C=O) groups is 4. The number of Topliss-reactive ketones (excluding diaryl/α,β-unsaturated/α-hetero) is 1. The van der Waals surface area contributed by atoms with E-state index in [9.17, 15) is 32.7 Å². The Morgan fingerprint density at radius 3 is 2.10 bits per heavy atom. The Bertz CT molecular complexity index is 1110. The molecule has 212 valence electrons. The summed E-state index contributed by atoms with van der Waals surface area (Å²) in [7, 11) is 0. The van der Waals surface area contributed by atoms with Crippen molar-refractivity contribution in [2.75, 3.05) is 19.6 Å². The second kappa shape index (κ2) is 14.4. The van der Waals surface area contributed by atoms with Gasteiger partial charge in [0, 0.05) is 31.4 Å². The van der Waals surface area contributed by atoms with Gasteiger partial charge in [-0.05, 0) is 61.8 Å². The molecule has 0 bridgehead atoms. The Morgan fingerprint density at radius 2 is 1.56 bits per heavy atom. The molecule has 2 aromatic rings. The van der Waals surface area contributed by atoms with Gasteiger partial charge in [0.15, 0.2) is 5.78 Å². The highest BCUT2D eigenvalue weighted by molar-refractivity contribution is 6.05. The third-order valence-electron chi connectivity index (χ3n) is 6.72. The van der Waals surface area contributed by atoms with Crippen LogP contribution in [-0.4, -0.2) is 69.5 Å². The number of alkyl halides is 3. The zero-order valence-electron chi connectivity index (χ0n) is 21.3. The van der Waals surface area contributed by atoms with Gasteiger partial charge in [0.05, 0.1) is 6.54 Å². The van der Waals surface area contributed by atoms with E-state index in [0.29, 0.717) is 19.4 Å². The lowest BCUT2D eigenvalue weighted by atomic mass is 9.77. The van der Waals surface area contributed by atoms with Crippen LogP contribution < -0.4 is 5.73 Å². The fraction of sp³-hybridized carbons (Fsp3) is 0.444. The number of halogens is 3. The average molecular weight is 552 g/mol. The van der Waals surface area contributed by atoms with Gasteiger partial charge in [-0.25, -0.2) is 4.79 Å². The molecule has 3 rings (SSSR count). The maximum Gasteiger partial charge on any atom is 0.490 e. The standard InChI is InChI=1S/C25H31N3O4.C2HF3O2/c26-18-25(24(31)32,13-10-19-5-2-1-3-6-19)22(29)17-28-16-4-7-21(23(28)30)9-8-20-11-14-27-15-12-20;3-2(4,5)1(6)7/h1-3,5-6,11-12,14-15,21H,4,7-10,13,16-18,26H2,(H,31,32);(H,6,7)/t21-,25+;/m0./s1. The molecule has 0 spiro atoms. The van der Waals surface area contributed by atoms with Crippen molar-refractivity contribution in [2.45, 2.75) is 44.7 Å². The quantitative estimate of drug-likeness (QED) is 0.361. The number of benzene rings is 1. The summed E-state index contributed by atoms with van der Waals surface area (Å²) in [5.74, 6) is -4.71. The van der Waals surface area contributed by atoms with Crippen molar-refractivity contribution < 1.29 is 42.6 Å². The van der Waals surface area contributed by atoms with Crippen LogP contribution in [-0.2, 0) is 32.0 Å². The molecule has 12 heteroatoms. The van der Waals surface area contributed by atoms with Crippen LogP contribution in [0.15, 0.2) is 54.9 Å². The average Bonchev–Trinajstić information content (AvgIpc) is 2.90. The first-order valence-electron chi connectivity index (χ1n) is 12.4. The summed E-state index contributed by atoms with van der Waals surface area (Å²) in [6, 6.07) is 13.3. The Morgan fingerprint density at radius 1 is 0.974 bits per heavy atom. The molecule has 2 heterocycles. The molecule has 4 N–H and O–H groups in total. The summed E-state index contributed by atoms with van der Waals surface area (Å²) in [5, 5.41) is 17.0. The molecule has 0 radical (unpaired) electrons. The van der Waals surface area contributed by atoms with Crippen LogP contribution in [0.2, 0.25) is 0 Å². The first-order chi connectivity index (χ1) is 18.4. The first kappa shape index (κ1) is 31.4. The molecule has 1 aliphatic heterocycles. The third kappa shape index (κ3) is 9.17. The smallest absolute Gasteiger partial charge is 0.480 e. The molecule has 0 aliphatic carbocycles. The SMILES string of the molecule is NC[C@@](CCc1ccccc1)(C(=O)O)C(=O)CN1CCC[C@@H](CCc2ccncc2)C1=O.O=C(O)C(F)(F)F. The molecule has 0 unspecified atom stereocenters. The number of aliphatic carboxylic acids is 2. The van der Waals surface area contributed by atoms with E-state index in [0.717, 1.165) is 30.4 Å². The maximum absolute atomic E-state index is 13.2. The van der Waals surface area contributed by atoms with E-state index in [2.05, 4.69) is 4.98 Å². The van der Waals surface area contributed by atoms with Gasteiger partial charge >= 0.3 is 18.1 Å². The van der Waals surface area contributed by atoms with Crippen molar-refractivity contribution in [1.29, 1.82) is 0 Å². The predicted octanol–water partition coefficient (Wildman–Crippen LogP) is 3.12. The van der Waals surface area contributed by atoms with E-state index in [1.54, 1.807) is 12.4 Å². The second-order valence-electron chi connectivity index (χ2n) is 9.30. The Balaban J connectivity index is 0.000000673. The normalized spacial score (nSPS) is 17.0. The van der Waals surface area contributed by atoms with Gasteiger partial charge in [-0.3, -0.25) is 19.4 Å². The van der Waals surface area contributed by atoms with Crippen molar-refractivity contribution in [3.8, 4) is 0 Å². The van der Waals surface area contributed by atoms with Gasteiger partial charge in [-0.1, -0.05) is 30.3 Å². The highest BCUT2D eigenvalue weighted by Crippen LogP contribution is 2.28. The number of piperidine rings is 1. The van der Waals surface area contributed by atoms with Crippen LogP contribution >= 0.6 is 0 Å². The molecular weight excluding hydrogens is 519 g/mol. The van der Waals surface area contributed by atoms with Crippen LogP contribution in [0.1, 0.15) is 36.8 Å². The van der Waals surface area contributed by atoms with Gasteiger partial charge < -0.3 is 20.8 Å². The lowest BCUT2D eigenvalue weighted by molar-refractivity contribution is -0.192. The summed E-state index contributed by atoms with van der Waals surface area (Å²) in [5.41, 5.74) is 6.22. The molecule has 2 atom stereocenters. The minimum absolute atomic E-state index is 0.0713. The first-order valence-corrected chi connectivity index (χ1v) is 12.4. The minimum Gasteiger partial charge on any atom is -0.480 e. The number of rotatable bonds is 11. The zero-order valence-corrected chi connectivity index (χ0v) is 21.3. The van der Waals surface area contributed by atoms with Gasteiger partial charge in [0.1, 0.15) is 5.41 Å². The molecule has 0 saturated carbocycles. The van der Waals surface area contributed by atoms with E-state index >= 15 is 0 Å². The fourth-order valence-electron chi connectivity index (χ4n) is 4.33. The fourth-order valence-corrected chi connectivity index (χ4v) is 4.33. The molecule has 1 fully saturated rings. The van der Waals surface area contributed by atoms with Crippen LogP contribution in [0, 0.1) is 11.3 Å². The largest absolute Gasteiger partial charge is 0.490 e. The summed E-state index contributed by atoms with van der Waals surface area (Å²) in [6.45, 7) is -0.0281. The number of aryl methyl sites for hydroxylation is 2. The number of carbonyl (C=O) groups excluding carboxylic acids is 2. The number of pyridine rings is 1. The van der Waals surface area contributed by atoms with Crippen LogP contribution in [0.3, 0.4) is 0 Å². The van der Waals surface area contributed by atoms with Crippen molar-refractivity contribution >= 4 is 23.6 Å². The molecule has 1 aliphatic rings. The van der Waals surface area contributed by atoms with Crippen molar-refractivity contribution in [1.82, 2.24) is 9.88 Å². The Kier molecular flexibility index (Phi) is 11.6. The van der Waals surface area contributed by atoms with E-state index in [4.69, 9.17) is 15.6 Å². The predicted molar refractivity (Wildman–Crippen MR) is 134 cm³/mol. The van der Waals surface area contributed by atoms with E-state index in [-0.39, 0.29) is 31.3 Å². The van der Waals surface area contributed by atoms with E-state index in [1.807, 2.05) is 42.5 Å². The number of amides is 1. The van der Waals surface area contributed by atoms with Crippen molar-refractivity contribution in [2.24, 2.45) is 17.1 Å². The number of carboxylic acid groups (broad SMARTS) is 2. The number of ketones is 1. The lowest BCUT2D eigenvalue weighted by Crippen LogP contribution is -2.52. The molecule has 1 aromatic heterocycles. The van der Waals surface area contributed by atoms with Crippen LogP contribution in [0.5, 0.6) is 0 Å². The monoisotopic (exact) mass is 551 g/mol. The minimum atomic E-state index is -5.08. The maximum atomic E-state index is 13.2. The summed E-state index contributed by atoms with van der Waals surface area (Å²) in [4.78, 5) is 52.8. The van der Waals surface area contributed by atoms with Crippen molar-refractivity contribution in [3.05, 3.63) is 66.0 Å². The molecule has 9 nitrogen and oxygen atoms in total. The number of nitrogens with two attached hydrogens (primary N) is 1. The molecule has 1 saturated heterocycles. The van der Waals surface area contributed by atoms with E-state index in [1.165, 1.54) is 4.90 Å². The summed E-state index contributed by atoms with van der Waals surface area (Å²) in [6.07, 6.45) is 1.96. The topological polar surface area (TPSA) is 151 Å². The Labute approximate surface area is 223 Å². The number of aromatic nitrogens is 1. The molecule has 1 amide bonds. The van der Waals surface area contributed by atoms with E-state index < -0.39 is 29.3 Å². The summed E-state index contributed by atoms with van der Waals surface area (Å²) >= 11 is 0. The lowest BCUT2D eigenvalue weighted by Gasteiger charge is -2.35. The molecular formula is C27H32F3N3O6. The van der Waals surface area contributed by atoms with Crippen LogP contribution in [0.4, 0.5) is 13.2 Å². The highest BCUT2D eigenvalue weighted by Gasteiger charge is 2.45. The Hall–Kier alpha value is -3.80. The summed E-state index contributed by atoms with van der Waals surface area (Å²) < 4.78 is 31.7. The van der Waals surface area contributed by atoms with Gasteiger partial charge in [0.25, 0.3) is 0 Å². The van der Waals surface area contributed by atoms with Gasteiger partial charge in [-0.15, -0.1) is 0 Å². The second-order valence-corrected chi connectivity index (χ2v) is 9.30. The highest BCUT2D eigenvalue weighted by atomic mass is 19.4. The van der Waals surface area contributed by atoms with Crippen molar-refractivity contribution in [3.63, 3.8) is 0 Å². The third-order valence-corrected chi connectivity index (χ3v) is 6.72. The number of likely N-dealkylation sites (tertiary alicyclic amines) is 1. The van der Waals surface area contributed by atoms with Crippen LogP contribution in [0.25, 0.3) is 0 Å². The number of carboxylic acids is 2. The van der Waals surface area contributed by atoms with Gasteiger partial charge in [-0.2, -0.15) is 13.2 Å². The molecule has 39 heavy (non-hydrogen) atoms. The number of nitrogens with zero attached hydrogens (tertiary/aromatic N) is 2. The molecule has 1 aromatic carbocycles. The zero-order chi connectivity index (χ0) is 29.1.